The van der Waals surface area contributed by atoms with Gasteiger partial charge in [0.05, 0.1) is 23.5 Å². The highest BCUT2D eigenvalue weighted by molar-refractivity contribution is 5.77. The van der Waals surface area contributed by atoms with E-state index in [1.807, 2.05) is 6.92 Å². The third-order valence-electron chi connectivity index (χ3n) is 6.92. The summed E-state index contributed by atoms with van der Waals surface area (Å²) in [6, 6.07) is 10.1. The summed E-state index contributed by atoms with van der Waals surface area (Å²) in [6.07, 6.45) is 2.58. The topological polar surface area (TPSA) is 91.4 Å². The molecule has 0 amide bonds. The number of pyridine rings is 1. The average Bonchev–Trinajstić information content (AvgIpc) is 3.70. The Hall–Kier alpha value is -4.41. The number of alkyl halides is 3. The molecule has 8 nitrogen and oxygen atoms in total. The molecule has 4 heterocycles. The van der Waals surface area contributed by atoms with Crippen LogP contribution in [0.2, 0.25) is 0 Å². The molecule has 198 valence electrons. The monoisotopic (exact) mass is 531 g/mol. The predicted molar refractivity (Wildman–Crippen MR) is 139 cm³/mol. The normalized spacial score (nSPS) is 13.8. The van der Waals surface area contributed by atoms with Crippen molar-refractivity contribution in [1.29, 1.82) is 0 Å². The van der Waals surface area contributed by atoms with Crippen molar-refractivity contribution in [2.24, 2.45) is 7.05 Å². The summed E-state index contributed by atoms with van der Waals surface area (Å²) in [6.45, 7) is 2.25. The Bertz CT molecular complexity index is 1750. The van der Waals surface area contributed by atoms with E-state index in [2.05, 4.69) is 19.9 Å². The first-order valence-corrected chi connectivity index (χ1v) is 12.6. The summed E-state index contributed by atoms with van der Waals surface area (Å²) < 4.78 is 42.2. The predicted octanol–water partition coefficient (Wildman–Crippen LogP) is 5.16. The second-order valence-electron chi connectivity index (χ2n) is 9.69. The van der Waals surface area contributed by atoms with Gasteiger partial charge in [0.2, 0.25) is 0 Å². The third-order valence-corrected chi connectivity index (χ3v) is 6.92. The molecular weight excluding hydrogens is 507 g/mol. The molecule has 11 heteroatoms. The minimum absolute atomic E-state index is 0.205. The minimum Gasteiger partial charge on any atom is -0.333 e. The largest absolute Gasteiger partial charge is 0.434 e. The van der Waals surface area contributed by atoms with Crippen LogP contribution < -0.4 is 5.56 Å². The van der Waals surface area contributed by atoms with E-state index in [4.69, 9.17) is 4.98 Å². The number of hydrogen-bond acceptors (Lipinski definition) is 6. The van der Waals surface area contributed by atoms with Crippen molar-refractivity contribution in [3.05, 3.63) is 88.1 Å². The molecule has 0 atom stereocenters. The first-order chi connectivity index (χ1) is 18.7. The van der Waals surface area contributed by atoms with Gasteiger partial charge in [-0.15, -0.1) is 0 Å². The van der Waals surface area contributed by atoms with Crippen molar-refractivity contribution < 1.29 is 13.2 Å². The molecule has 0 radical (unpaired) electrons. The Morgan fingerprint density at radius 1 is 1.00 bits per heavy atom. The third kappa shape index (κ3) is 4.68. The maximum absolute atomic E-state index is 13.1. The number of nitrogens with zero attached hydrogens (tertiary/aromatic N) is 7. The minimum atomic E-state index is -4.52. The van der Waals surface area contributed by atoms with Crippen LogP contribution in [0.3, 0.4) is 0 Å². The van der Waals surface area contributed by atoms with E-state index in [0.29, 0.717) is 34.8 Å². The molecule has 1 aliphatic carbocycles. The van der Waals surface area contributed by atoms with Crippen LogP contribution in [0.5, 0.6) is 0 Å². The first-order valence-electron chi connectivity index (χ1n) is 12.6. The molecule has 0 aliphatic heterocycles. The molecule has 0 saturated heterocycles. The van der Waals surface area contributed by atoms with Crippen LogP contribution in [0.4, 0.5) is 13.2 Å². The van der Waals surface area contributed by atoms with Crippen LogP contribution in [0.25, 0.3) is 33.8 Å². The van der Waals surface area contributed by atoms with Crippen LogP contribution in [0, 0.1) is 0 Å². The molecule has 4 aromatic heterocycles. The van der Waals surface area contributed by atoms with Crippen LogP contribution >= 0.6 is 0 Å². The number of halogens is 3. The van der Waals surface area contributed by atoms with Gasteiger partial charge in [0, 0.05) is 42.4 Å². The van der Waals surface area contributed by atoms with Gasteiger partial charge in [0.1, 0.15) is 17.8 Å². The summed E-state index contributed by atoms with van der Waals surface area (Å²) in [7, 11) is 1.52. The van der Waals surface area contributed by atoms with E-state index in [-0.39, 0.29) is 17.9 Å². The number of aromatic nitrogens is 7. The highest BCUT2D eigenvalue weighted by Gasteiger charge is 2.34. The quantitative estimate of drug-likeness (QED) is 0.301. The molecule has 0 unspecified atom stereocenters. The zero-order chi connectivity index (χ0) is 27.3. The summed E-state index contributed by atoms with van der Waals surface area (Å²) >= 11 is 0. The van der Waals surface area contributed by atoms with Gasteiger partial charge >= 0.3 is 6.18 Å². The zero-order valence-corrected chi connectivity index (χ0v) is 21.3. The second-order valence-corrected chi connectivity index (χ2v) is 9.69. The van der Waals surface area contributed by atoms with Crippen molar-refractivity contribution in [2.45, 2.75) is 44.8 Å². The Morgan fingerprint density at radius 2 is 1.77 bits per heavy atom. The van der Waals surface area contributed by atoms with Gasteiger partial charge in [0.15, 0.2) is 11.5 Å². The van der Waals surface area contributed by atoms with Gasteiger partial charge in [-0.25, -0.2) is 24.9 Å². The standard InChI is InChI=1S/C28H24F3N7O/c1-3-20-23(24(17-8-9-17)34-15-33-20)25-32-12-19-10-11-22(39)38(27(19)36-25)13-16-4-6-18(7-5-16)26-35-21(14-37(26)2)28(29,30)31/h4-7,10-12,14-15,17H,3,8-9,13H2,1-2H3. The van der Waals surface area contributed by atoms with Gasteiger partial charge in [-0.1, -0.05) is 31.2 Å². The van der Waals surface area contributed by atoms with Gasteiger partial charge in [-0.3, -0.25) is 9.36 Å². The first kappa shape index (κ1) is 24.9. The average molecular weight is 532 g/mol. The zero-order valence-electron chi connectivity index (χ0n) is 21.3. The summed E-state index contributed by atoms with van der Waals surface area (Å²) in [5.74, 6) is 1.07. The smallest absolute Gasteiger partial charge is 0.333 e. The van der Waals surface area contributed by atoms with Crippen molar-refractivity contribution in [3.8, 4) is 22.8 Å². The lowest BCUT2D eigenvalue weighted by atomic mass is 10.1. The number of fused-ring (bicyclic) bond motifs is 1. The molecule has 1 fully saturated rings. The molecule has 6 rings (SSSR count). The SMILES string of the molecule is CCc1ncnc(C2CC2)c1-c1ncc2ccc(=O)n(Cc3ccc(-c4nc(C(F)(F)F)cn4C)cc3)c2n1. The lowest BCUT2D eigenvalue weighted by Crippen LogP contribution is -2.21. The van der Waals surface area contributed by atoms with Gasteiger partial charge in [0.25, 0.3) is 5.56 Å². The molecular formula is C28H24F3N7O. The number of hydrogen-bond donors (Lipinski definition) is 0. The Kier molecular flexibility index (Phi) is 6.00. The van der Waals surface area contributed by atoms with Gasteiger partial charge < -0.3 is 4.57 Å². The van der Waals surface area contributed by atoms with Crippen molar-refractivity contribution in [3.63, 3.8) is 0 Å². The van der Waals surface area contributed by atoms with Crippen LogP contribution in [0.15, 0.2) is 59.9 Å². The molecule has 1 aliphatic rings. The molecule has 5 aromatic rings. The summed E-state index contributed by atoms with van der Waals surface area (Å²) in [4.78, 5) is 35.2. The fourth-order valence-electron chi connectivity index (χ4n) is 4.77. The molecule has 1 aromatic carbocycles. The van der Waals surface area contributed by atoms with E-state index in [1.54, 1.807) is 47.4 Å². The molecule has 1 saturated carbocycles. The maximum atomic E-state index is 13.1. The lowest BCUT2D eigenvalue weighted by molar-refractivity contribution is -0.140. The fraction of sp³-hybridized carbons (Fsp3) is 0.286. The highest BCUT2D eigenvalue weighted by Crippen LogP contribution is 2.43. The van der Waals surface area contributed by atoms with E-state index in [9.17, 15) is 18.0 Å². The highest BCUT2D eigenvalue weighted by atomic mass is 19.4. The van der Waals surface area contributed by atoms with Crippen LogP contribution in [-0.2, 0) is 26.2 Å². The second kappa shape index (κ2) is 9.40. The van der Waals surface area contributed by atoms with Crippen molar-refractivity contribution in [1.82, 2.24) is 34.1 Å². The maximum Gasteiger partial charge on any atom is 0.434 e. The van der Waals surface area contributed by atoms with E-state index in [0.717, 1.165) is 41.6 Å². The van der Waals surface area contributed by atoms with E-state index >= 15 is 0 Å². The van der Waals surface area contributed by atoms with E-state index in [1.165, 1.54) is 17.7 Å². The summed E-state index contributed by atoms with van der Waals surface area (Å²) in [5.41, 5.74) is 3.30. The lowest BCUT2D eigenvalue weighted by Gasteiger charge is -2.13. The Morgan fingerprint density at radius 3 is 2.44 bits per heavy atom. The van der Waals surface area contributed by atoms with Crippen molar-refractivity contribution in [2.75, 3.05) is 0 Å². The van der Waals surface area contributed by atoms with Crippen LogP contribution in [-0.4, -0.2) is 34.1 Å². The number of benzene rings is 1. The Labute approximate surface area is 221 Å². The number of rotatable bonds is 6. The molecule has 39 heavy (non-hydrogen) atoms. The Balaban J connectivity index is 1.38. The molecule has 0 spiro atoms. The van der Waals surface area contributed by atoms with Crippen LogP contribution in [0.1, 0.15) is 48.3 Å². The summed E-state index contributed by atoms with van der Waals surface area (Å²) in [5, 5.41) is 0.713. The van der Waals surface area contributed by atoms with Gasteiger partial charge in [-0.05, 0) is 30.9 Å². The fourth-order valence-corrected chi connectivity index (χ4v) is 4.77. The number of aryl methyl sites for hydroxylation is 2. The van der Waals surface area contributed by atoms with Gasteiger partial charge in [-0.2, -0.15) is 13.2 Å². The van der Waals surface area contributed by atoms with E-state index < -0.39 is 11.9 Å². The molecule has 0 bridgehead atoms. The number of imidazole rings is 1. The van der Waals surface area contributed by atoms with Crippen molar-refractivity contribution >= 4 is 11.0 Å². The molecule has 0 N–H and O–H groups in total.